The predicted octanol–water partition coefficient (Wildman–Crippen LogP) is 0.652. The maximum absolute atomic E-state index is 10.9. The molecule has 0 saturated carbocycles. The summed E-state index contributed by atoms with van der Waals surface area (Å²) in [6.07, 6.45) is 1.38. The molecule has 0 saturated heterocycles. The SMILES string of the molecule is O=C(O)C(c1c[nH]c2ccccc12)=S(=O)=O. The number of para-hydroxylation sites is 1. The van der Waals surface area contributed by atoms with E-state index in [1.165, 1.54) is 6.20 Å². The van der Waals surface area contributed by atoms with Gasteiger partial charge >= 0.3 is 5.97 Å². The average molecular weight is 237 g/mol. The number of carboxylic acid groups (broad SMARTS) is 1. The Morgan fingerprint density at radius 1 is 1.25 bits per heavy atom. The first kappa shape index (κ1) is 10.4. The van der Waals surface area contributed by atoms with Crippen molar-refractivity contribution in [1.29, 1.82) is 0 Å². The van der Waals surface area contributed by atoms with Crippen LogP contribution in [0.2, 0.25) is 0 Å². The number of aromatic amines is 1. The lowest BCUT2D eigenvalue weighted by Crippen LogP contribution is -2.14. The van der Waals surface area contributed by atoms with Gasteiger partial charge in [-0.05, 0) is 6.07 Å². The third-order valence-electron chi connectivity index (χ3n) is 2.19. The second-order valence-electron chi connectivity index (χ2n) is 3.12. The minimum atomic E-state index is -2.77. The molecule has 2 rings (SSSR count). The molecule has 0 unspecified atom stereocenters. The minimum absolute atomic E-state index is 0.177. The van der Waals surface area contributed by atoms with Gasteiger partial charge in [-0.15, -0.1) is 0 Å². The minimum Gasteiger partial charge on any atom is -0.477 e. The van der Waals surface area contributed by atoms with Gasteiger partial charge in [-0.25, -0.2) is 4.79 Å². The molecule has 1 aromatic carbocycles. The first-order valence-electron chi connectivity index (χ1n) is 4.37. The van der Waals surface area contributed by atoms with E-state index >= 15 is 0 Å². The fraction of sp³-hybridized carbons (Fsp3) is 0. The fourth-order valence-electron chi connectivity index (χ4n) is 1.54. The van der Waals surface area contributed by atoms with E-state index in [-0.39, 0.29) is 5.56 Å². The highest BCUT2D eigenvalue weighted by molar-refractivity contribution is 7.75. The van der Waals surface area contributed by atoms with E-state index in [1.807, 2.05) is 0 Å². The van der Waals surface area contributed by atoms with Gasteiger partial charge in [-0.1, -0.05) is 18.2 Å². The number of rotatable bonds is 2. The van der Waals surface area contributed by atoms with Crippen molar-refractivity contribution in [3.05, 3.63) is 36.0 Å². The average Bonchev–Trinajstić information content (AvgIpc) is 2.61. The van der Waals surface area contributed by atoms with Gasteiger partial charge in [0.15, 0.2) is 4.86 Å². The van der Waals surface area contributed by atoms with Crippen LogP contribution in [0.1, 0.15) is 5.56 Å². The largest absolute Gasteiger partial charge is 0.477 e. The highest BCUT2D eigenvalue weighted by Crippen LogP contribution is 2.18. The Kier molecular flexibility index (Phi) is 2.49. The number of H-pyrrole nitrogens is 1. The van der Waals surface area contributed by atoms with Crippen molar-refractivity contribution < 1.29 is 18.3 Å². The lowest BCUT2D eigenvalue weighted by molar-refractivity contribution is -0.129. The highest BCUT2D eigenvalue weighted by atomic mass is 32.2. The second-order valence-corrected chi connectivity index (χ2v) is 3.99. The van der Waals surface area contributed by atoms with Gasteiger partial charge < -0.3 is 10.1 Å². The molecule has 2 N–H and O–H groups in total. The Morgan fingerprint density at radius 2 is 1.94 bits per heavy atom. The summed E-state index contributed by atoms with van der Waals surface area (Å²) in [5, 5.41) is 9.40. The summed E-state index contributed by atoms with van der Waals surface area (Å²) in [6.45, 7) is 0. The lowest BCUT2D eigenvalue weighted by atomic mass is 10.1. The van der Waals surface area contributed by atoms with Crippen LogP contribution in [0.3, 0.4) is 0 Å². The van der Waals surface area contributed by atoms with Crippen molar-refractivity contribution in [2.45, 2.75) is 0 Å². The van der Waals surface area contributed by atoms with Crippen LogP contribution in [0.5, 0.6) is 0 Å². The summed E-state index contributed by atoms with van der Waals surface area (Å²) < 4.78 is 21.7. The van der Waals surface area contributed by atoms with Crippen LogP contribution < -0.4 is 0 Å². The number of benzene rings is 1. The van der Waals surface area contributed by atoms with Crippen LogP contribution in [0, 0.1) is 0 Å². The van der Waals surface area contributed by atoms with Crippen molar-refractivity contribution in [3.8, 4) is 0 Å². The fourth-order valence-corrected chi connectivity index (χ4v) is 2.03. The van der Waals surface area contributed by atoms with Crippen molar-refractivity contribution in [2.24, 2.45) is 0 Å². The standard InChI is InChI=1S/C10H7NO4S/c12-10(13)9(16(14)15)7-5-11-8-4-2-1-3-6(7)8/h1-5,11H,(H,12,13). The van der Waals surface area contributed by atoms with Crippen molar-refractivity contribution in [3.63, 3.8) is 0 Å². The van der Waals surface area contributed by atoms with Crippen LogP contribution in [0.4, 0.5) is 0 Å². The zero-order chi connectivity index (χ0) is 11.7. The molecular weight excluding hydrogens is 230 g/mol. The normalized spacial score (nSPS) is 10.2. The Bertz CT molecular complexity index is 688. The number of nitrogens with one attached hydrogen (secondary N) is 1. The van der Waals surface area contributed by atoms with E-state index < -0.39 is 21.1 Å². The molecular formula is C10H7NO4S. The third kappa shape index (κ3) is 1.59. The molecule has 0 amide bonds. The Balaban J connectivity index is 2.83. The first-order valence-corrected chi connectivity index (χ1v) is 5.44. The smallest absolute Gasteiger partial charge is 0.352 e. The number of aromatic nitrogens is 1. The predicted molar refractivity (Wildman–Crippen MR) is 59.0 cm³/mol. The van der Waals surface area contributed by atoms with Crippen molar-refractivity contribution >= 4 is 32.0 Å². The maximum atomic E-state index is 10.9. The quantitative estimate of drug-likeness (QED) is 0.593. The number of aliphatic carboxylic acids is 1. The summed E-state index contributed by atoms with van der Waals surface area (Å²) in [5.74, 6) is -1.46. The summed E-state index contributed by atoms with van der Waals surface area (Å²) in [7, 11) is -2.77. The Labute approximate surface area is 91.9 Å². The van der Waals surface area contributed by atoms with Gasteiger partial charge in [-0.3, -0.25) is 0 Å². The van der Waals surface area contributed by atoms with Gasteiger partial charge in [0.2, 0.25) is 10.3 Å². The van der Waals surface area contributed by atoms with E-state index in [0.717, 1.165) is 0 Å². The zero-order valence-corrected chi connectivity index (χ0v) is 8.78. The molecule has 2 aromatic rings. The number of hydrogen-bond acceptors (Lipinski definition) is 3. The molecule has 1 heterocycles. The molecule has 0 bridgehead atoms. The number of fused-ring (bicyclic) bond motifs is 1. The first-order chi connectivity index (χ1) is 7.61. The zero-order valence-electron chi connectivity index (χ0n) is 7.97. The second kappa shape index (κ2) is 3.82. The molecule has 0 radical (unpaired) electrons. The summed E-state index contributed by atoms with van der Waals surface area (Å²) >= 11 is 0. The summed E-state index contributed by atoms with van der Waals surface area (Å²) in [5.41, 5.74) is 0.873. The molecule has 0 atom stereocenters. The van der Waals surface area contributed by atoms with Gasteiger partial charge in [0.05, 0.1) is 0 Å². The van der Waals surface area contributed by atoms with Crippen LogP contribution in [-0.4, -0.2) is 29.3 Å². The van der Waals surface area contributed by atoms with Crippen LogP contribution in [-0.2, 0) is 15.1 Å². The molecule has 5 nitrogen and oxygen atoms in total. The Morgan fingerprint density at radius 3 is 2.56 bits per heavy atom. The molecule has 82 valence electrons. The van der Waals surface area contributed by atoms with Gasteiger partial charge in [-0.2, -0.15) is 8.42 Å². The molecule has 6 heteroatoms. The molecule has 1 aromatic heterocycles. The van der Waals surface area contributed by atoms with E-state index in [0.29, 0.717) is 10.9 Å². The molecule has 0 aliphatic rings. The number of hydrogen-bond donors (Lipinski definition) is 2. The molecule has 0 fully saturated rings. The summed E-state index contributed by atoms with van der Waals surface area (Å²) in [6, 6.07) is 6.90. The van der Waals surface area contributed by atoms with E-state index in [1.54, 1.807) is 24.3 Å². The maximum Gasteiger partial charge on any atom is 0.352 e. The third-order valence-corrected chi connectivity index (χ3v) is 2.92. The monoisotopic (exact) mass is 237 g/mol. The van der Waals surface area contributed by atoms with Gasteiger partial charge in [0.25, 0.3) is 0 Å². The molecule has 16 heavy (non-hydrogen) atoms. The molecule has 0 spiro atoms. The van der Waals surface area contributed by atoms with Crippen LogP contribution in [0.15, 0.2) is 30.5 Å². The van der Waals surface area contributed by atoms with Crippen LogP contribution in [0.25, 0.3) is 10.9 Å². The highest BCUT2D eigenvalue weighted by Gasteiger charge is 2.18. The lowest BCUT2D eigenvalue weighted by Gasteiger charge is -1.94. The van der Waals surface area contributed by atoms with Gasteiger partial charge in [0.1, 0.15) is 0 Å². The van der Waals surface area contributed by atoms with E-state index in [4.69, 9.17) is 5.11 Å². The Hall–Kier alpha value is -2.08. The number of carboxylic acids is 1. The molecule has 0 aliphatic carbocycles. The van der Waals surface area contributed by atoms with Crippen molar-refractivity contribution in [1.82, 2.24) is 4.98 Å². The number of carbonyl (C=O) groups is 1. The topological polar surface area (TPSA) is 87.2 Å². The van der Waals surface area contributed by atoms with Gasteiger partial charge in [0, 0.05) is 22.7 Å². The van der Waals surface area contributed by atoms with E-state index in [2.05, 4.69) is 4.98 Å². The van der Waals surface area contributed by atoms with E-state index in [9.17, 15) is 13.2 Å². The van der Waals surface area contributed by atoms with Crippen LogP contribution >= 0.6 is 0 Å². The molecule has 0 aliphatic heterocycles. The van der Waals surface area contributed by atoms with Crippen molar-refractivity contribution in [2.75, 3.05) is 0 Å². The summed E-state index contributed by atoms with van der Waals surface area (Å²) in [4.78, 5) is 13.0.